The van der Waals surface area contributed by atoms with Crippen LogP contribution < -0.4 is 9.46 Å². The number of likely N-dealkylation sites (tertiary alicyclic amines) is 1. The molecule has 2 aromatic carbocycles. The van der Waals surface area contributed by atoms with Gasteiger partial charge < -0.3 is 9.64 Å². The van der Waals surface area contributed by atoms with E-state index in [9.17, 15) is 18.0 Å². The van der Waals surface area contributed by atoms with E-state index in [0.717, 1.165) is 24.0 Å². The molecular weight excluding hydrogens is 416 g/mol. The summed E-state index contributed by atoms with van der Waals surface area (Å²) >= 11 is 0. The maximum atomic E-state index is 13.4. The van der Waals surface area contributed by atoms with E-state index in [1.54, 1.807) is 19.1 Å². The number of amides is 2. The Hall–Kier alpha value is -2.87. The summed E-state index contributed by atoms with van der Waals surface area (Å²) in [5.41, 5.74) is -0.0284. The summed E-state index contributed by atoms with van der Waals surface area (Å²) < 4.78 is 33.3. The highest BCUT2D eigenvalue weighted by Gasteiger charge is 2.60. The number of ether oxygens (including phenoxy) is 1. The second-order valence-electron chi connectivity index (χ2n) is 8.73. The van der Waals surface area contributed by atoms with Crippen LogP contribution in [0.3, 0.4) is 0 Å². The Kier molecular flexibility index (Phi) is 4.41. The van der Waals surface area contributed by atoms with E-state index in [1.165, 1.54) is 11.0 Å². The minimum Gasteiger partial charge on any atom is -0.493 e. The highest BCUT2D eigenvalue weighted by atomic mass is 32.2. The number of hydrogen-bond acceptors (Lipinski definition) is 5. The largest absolute Gasteiger partial charge is 0.493 e. The van der Waals surface area contributed by atoms with E-state index in [2.05, 4.69) is 4.72 Å². The van der Waals surface area contributed by atoms with Crippen molar-refractivity contribution in [2.75, 3.05) is 13.2 Å². The molecule has 2 aromatic rings. The number of rotatable bonds is 5. The molecule has 5 rings (SSSR count). The Bertz CT molecular complexity index is 1170. The molecule has 2 heterocycles. The van der Waals surface area contributed by atoms with Gasteiger partial charge in [-0.3, -0.25) is 9.59 Å². The Morgan fingerprint density at radius 2 is 1.81 bits per heavy atom. The maximum absolute atomic E-state index is 13.4. The first-order valence-corrected chi connectivity index (χ1v) is 12.0. The zero-order chi connectivity index (χ0) is 21.9. The molecule has 31 heavy (non-hydrogen) atoms. The minimum atomic E-state index is -4.05. The second-order valence-corrected chi connectivity index (χ2v) is 10.4. The summed E-state index contributed by atoms with van der Waals surface area (Å²) in [5, 5.41) is 0. The van der Waals surface area contributed by atoms with E-state index >= 15 is 0 Å². The molecule has 0 bridgehead atoms. The van der Waals surface area contributed by atoms with Crippen LogP contribution in [0.1, 0.15) is 37.3 Å². The van der Waals surface area contributed by atoms with E-state index < -0.39 is 26.9 Å². The number of benzene rings is 2. The molecule has 1 atom stereocenters. The molecule has 1 saturated carbocycles. The van der Waals surface area contributed by atoms with Crippen LogP contribution in [0.5, 0.6) is 5.75 Å². The van der Waals surface area contributed by atoms with Crippen molar-refractivity contribution in [3.63, 3.8) is 0 Å². The van der Waals surface area contributed by atoms with Crippen LogP contribution in [0.2, 0.25) is 0 Å². The predicted octanol–water partition coefficient (Wildman–Crippen LogP) is 2.15. The Morgan fingerprint density at radius 3 is 2.45 bits per heavy atom. The van der Waals surface area contributed by atoms with Crippen LogP contribution >= 0.6 is 0 Å². The molecule has 8 heteroatoms. The molecule has 1 N–H and O–H groups in total. The quantitative estimate of drug-likeness (QED) is 0.769. The second kappa shape index (κ2) is 6.82. The maximum Gasteiger partial charge on any atom is 0.264 e. The molecule has 2 amide bonds. The van der Waals surface area contributed by atoms with Crippen LogP contribution in [-0.2, 0) is 31.4 Å². The molecule has 1 unspecified atom stereocenters. The average Bonchev–Trinajstić information content (AvgIpc) is 3.43. The lowest BCUT2D eigenvalue weighted by molar-refractivity contribution is -0.158. The van der Waals surface area contributed by atoms with E-state index in [4.69, 9.17) is 4.74 Å². The fourth-order valence-electron chi connectivity index (χ4n) is 4.51. The van der Waals surface area contributed by atoms with Crippen LogP contribution in [0, 0.1) is 0 Å². The standard InChI is InChI=1S/C23H24N2O5S/c1-22(12-13-25(22)21(27)23(10-11-23)17-5-3-2-4-6-17)20(26)24-31(28,29)18-7-8-19-16(15-18)9-14-30-19/h2-8,15H,9-14H2,1H3,(H,24,26). The topological polar surface area (TPSA) is 92.8 Å². The van der Waals surface area contributed by atoms with Gasteiger partial charge in [0.25, 0.3) is 15.9 Å². The third-order valence-electron chi connectivity index (χ3n) is 6.84. The smallest absolute Gasteiger partial charge is 0.264 e. The Labute approximate surface area is 181 Å². The first-order chi connectivity index (χ1) is 14.8. The molecule has 0 spiro atoms. The lowest BCUT2D eigenvalue weighted by atomic mass is 9.82. The third kappa shape index (κ3) is 3.12. The number of fused-ring (bicyclic) bond motifs is 1. The molecule has 2 aliphatic heterocycles. The number of nitrogens with zero attached hydrogens (tertiary/aromatic N) is 1. The summed E-state index contributed by atoms with van der Waals surface area (Å²) in [5.74, 6) is -0.106. The minimum absolute atomic E-state index is 0.0221. The third-order valence-corrected chi connectivity index (χ3v) is 8.16. The fraction of sp³-hybridized carbons (Fsp3) is 0.391. The van der Waals surface area contributed by atoms with Crippen molar-refractivity contribution in [1.29, 1.82) is 0 Å². The first-order valence-electron chi connectivity index (χ1n) is 10.5. The fourth-order valence-corrected chi connectivity index (χ4v) is 5.63. The molecular formula is C23H24N2O5S. The zero-order valence-electron chi connectivity index (χ0n) is 17.3. The van der Waals surface area contributed by atoms with E-state index in [-0.39, 0.29) is 10.8 Å². The van der Waals surface area contributed by atoms with Crippen LogP contribution in [0.15, 0.2) is 53.4 Å². The Morgan fingerprint density at radius 1 is 1.06 bits per heavy atom. The van der Waals surface area contributed by atoms with E-state index in [1.807, 2.05) is 30.3 Å². The SMILES string of the molecule is CC1(C(=O)NS(=O)(=O)c2ccc3c(c2)CCO3)CCN1C(=O)C1(c2ccccc2)CC1. The van der Waals surface area contributed by atoms with E-state index in [0.29, 0.717) is 31.7 Å². The van der Waals surface area contributed by atoms with Crippen LogP contribution in [0.25, 0.3) is 0 Å². The number of sulfonamides is 1. The summed E-state index contributed by atoms with van der Waals surface area (Å²) in [6.45, 7) is 2.59. The van der Waals surface area contributed by atoms with Crippen molar-refractivity contribution < 1.29 is 22.7 Å². The molecule has 0 aromatic heterocycles. The zero-order valence-corrected chi connectivity index (χ0v) is 18.1. The van der Waals surface area contributed by atoms with Gasteiger partial charge >= 0.3 is 0 Å². The van der Waals surface area contributed by atoms with Crippen molar-refractivity contribution in [1.82, 2.24) is 9.62 Å². The van der Waals surface area contributed by atoms with Gasteiger partial charge in [0.15, 0.2) is 0 Å². The first kappa shape index (κ1) is 20.1. The van der Waals surface area contributed by atoms with Gasteiger partial charge in [0, 0.05) is 13.0 Å². The van der Waals surface area contributed by atoms with Gasteiger partial charge in [-0.25, -0.2) is 13.1 Å². The lowest BCUT2D eigenvalue weighted by Crippen LogP contribution is -2.69. The lowest BCUT2D eigenvalue weighted by Gasteiger charge is -2.50. The Balaban J connectivity index is 1.35. The van der Waals surface area contributed by atoms with Crippen molar-refractivity contribution in [3.8, 4) is 5.75 Å². The monoisotopic (exact) mass is 440 g/mol. The van der Waals surface area contributed by atoms with Crippen LogP contribution in [-0.4, -0.2) is 43.8 Å². The van der Waals surface area contributed by atoms with Gasteiger partial charge in [0.2, 0.25) is 5.91 Å². The summed E-state index contributed by atoms with van der Waals surface area (Å²) in [7, 11) is -4.05. The van der Waals surface area contributed by atoms with Gasteiger partial charge in [-0.2, -0.15) is 0 Å². The van der Waals surface area contributed by atoms with Gasteiger partial charge in [0.1, 0.15) is 11.3 Å². The number of carbonyl (C=O) groups excluding carboxylic acids is 2. The molecule has 0 radical (unpaired) electrons. The normalized spacial score (nSPS) is 23.3. The highest BCUT2D eigenvalue weighted by molar-refractivity contribution is 7.90. The molecule has 3 aliphatic rings. The molecule has 2 fully saturated rings. The number of hydrogen-bond donors (Lipinski definition) is 1. The summed E-state index contributed by atoms with van der Waals surface area (Å²) in [4.78, 5) is 28.0. The van der Waals surface area contributed by atoms with Gasteiger partial charge in [0.05, 0.1) is 16.9 Å². The van der Waals surface area contributed by atoms with Gasteiger partial charge in [-0.05, 0) is 55.5 Å². The molecule has 1 saturated heterocycles. The van der Waals surface area contributed by atoms with Gasteiger partial charge in [-0.1, -0.05) is 30.3 Å². The number of carbonyl (C=O) groups is 2. The predicted molar refractivity (Wildman–Crippen MR) is 113 cm³/mol. The average molecular weight is 441 g/mol. The molecule has 7 nitrogen and oxygen atoms in total. The van der Waals surface area contributed by atoms with Gasteiger partial charge in [-0.15, -0.1) is 0 Å². The summed E-state index contributed by atoms with van der Waals surface area (Å²) in [6.07, 6.45) is 2.52. The van der Waals surface area contributed by atoms with Crippen molar-refractivity contribution in [3.05, 3.63) is 59.7 Å². The molecule has 1 aliphatic carbocycles. The van der Waals surface area contributed by atoms with Crippen LogP contribution in [0.4, 0.5) is 0 Å². The van der Waals surface area contributed by atoms with Crippen molar-refractivity contribution >= 4 is 21.8 Å². The summed E-state index contributed by atoms with van der Waals surface area (Å²) in [6, 6.07) is 14.2. The van der Waals surface area contributed by atoms with Crippen molar-refractivity contribution in [2.24, 2.45) is 0 Å². The number of nitrogens with one attached hydrogen (secondary N) is 1. The van der Waals surface area contributed by atoms with Crippen molar-refractivity contribution in [2.45, 2.75) is 48.5 Å². The molecule has 162 valence electrons. The highest BCUT2D eigenvalue weighted by Crippen LogP contribution is 2.51.